The Kier molecular flexibility index (Phi) is 5.56. The lowest BCUT2D eigenvalue weighted by atomic mass is 9.76. The first kappa shape index (κ1) is 16.0. The van der Waals surface area contributed by atoms with Crippen LogP contribution in [0.5, 0.6) is 0 Å². The Morgan fingerprint density at radius 3 is 2.77 bits per heavy atom. The van der Waals surface area contributed by atoms with Crippen LogP contribution in [0.15, 0.2) is 12.2 Å². The summed E-state index contributed by atoms with van der Waals surface area (Å²) in [6.07, 6.45) is 14.8. The maximum Gasteiger partial charge on any atom is 0.246 e. The number of ether oxygens (including phenoxy) is 1. The van der Waals surface area contributed by atoms with E-state index in [4.69, 9.17) is 4.74 Å². The highest BCUT2D eigenvalue weighted by atomic mass is 16.5. The van der Waals surface area contributed by atoms with Gasteiger partial charge in [-0.05, 0) is 62.9 Å². The van der Waals surface area contributed by atoms with E-state index in [1.165, 1.54) is 38.5 Å². The van der Waals surface area contributed by atoms with Gasteiger partial charge in [0.05, 0.1) is 6.10 Å². The van der Waals surface area contributed by atoms with Crippen molar-refractivity contribution in [2.24, 2.45) is 17.8 Å². The first-order valence-corrected chi connectivity index (χ1v) is 9.35. The summed E-state index contributed by atoms with van der Waals surface area (Å²) in [6, 6.07) is 0. The van der Waals surface area contributed by atoms with Crippen LogP contribution in [0.3, 0.4) is 0 Å². The smallest absolute Gasteiger partial charge is 0.246 e. The normalized spacial score (nSPS) is 35.0. The minimum atomic E-state index is 0.173. The number of fused-ring (bicyclic) bond motifs is 1. The standard InChI is InChI=1S/C19H31NO2/c1-2-20(14-18-7-4-12-22-18)19(21)11-9-15-8-10-16-5-3-6-17(16)13-15/h9,11,15-18H,2-8,10,12-14H2,1H3/b11-9+. The fourth-order valence-electron chi connectivity index (χ4n) is 4.65. The van der Waals surface area contributed by atoms with E-state index in [0.717, 1.165) is 44.4 Å². The molecule has 3 nitrogen and oxygen atoms in total. The van der Waals surface area contributed by atoms with Gasteiger partial charge in [0.2, 0.25) is 5.91 Å². The van der Waals surface area contributed by atoms with Gasteiger partial charge < -0.3 is 9.64 Å². The van der Waals surface area contributed by atoms with Gasteiger partial charge in [-0.15, -0.1) is 0 Å². The Bertz CT molecular complexity index is 400. The lowest BCUT2D eigenvalue weighted by Gasteiger charge is -2.30. The van der Waals surface area contributed by atoms with Crippen LogP contribution in [0, 0.1) is 17.8 Å². The van der Waals surface area contributed by atoms with E-state index in [9.17, 15) is 4.79 Å². The molecule has 124 valence electrons. The van der Waals surface area contributed by atoms with E-state index in [2.05, 4.69) is 13.0 Å². The Hall–Kier alpha value is -0.830. The molecule has 1 saturated heterocycles. The summed E-state index contributed by atoms with van der Waals surface area (Å²) in [5.74, 6) is 2.73. The largest absolute Gasteiger partial charge is 0.376 e. The average molecular weight is 305 g/mol. The number of allylic oxidation sites excluding steroid dienone is 1. The third-order valence-electron chi connectivity index (χ3n) is 5.98. The average Bonchev–Trinajstić information content (AvgIpc) is 3.20. The monoisotopic (exact) mass is 305 g/mol. The molecule has 0 N–H and O–H groups in total. The number of hydrogen-bond donors (Lipinski definition) is 0. The van der Waals surface area contributed by atoms with Gasteiger partial charge in [0, 0.05) is 19.7 Å². The zero-order valence-electron chi connectivity index (χ0n) is 14.0. The van der Waals surface area contributed by atoms with Gasteiger partial charge in [-0.2, -0.15) is 0 Å². The van der Waals surface area contributed by atoms with E-state index in [1.54, 1.807) is 0 Å². The highest BCUT2D eigenvalue weighted by Gasteiger charge is 2.32. The van der Waals surface area contributed by atoms with Gasteiger partial charge >= 0.3 is 0 Å². The predicted molar refractivity (Wildman–Crippen MR) is 88.5 cm³/mol. The first-order valence-electron chi connectivity index (χ1n) is 9.35. The van der Waals surface area contributed by atoms with Crippen molar-refractivity contribution in [2.45, 2.75) is 64.4 Å². The number of hydrogen-bond acceptors (Lipinski definition) is 2. The number of carbonyl (C=O) groups excluding carboxylic acids is 1. The first-order chi connectivity index (χ1) is 10.8. The lowest BCUT2D eigenvalue weighted by molar-refractivity contribution is -0.127. The molecule has 4 atom stereocenters. The topological polar surface area (TPSA) is 29.5 Å². The minimum Gasteiger partial charge on any atom is -0.376 e. The van der Waals surface area contributed by atoms with Crippen LogP contribution in [0.25, 0.3) is 0 Å². The Morgan fingerprint density at radius 1 is 1.14 bits per heavy atom. The SMILES string of the molecule is CCN(CC1CCCO1)C(=O)/C=C/C1CCC2CCCC2C1. The van der Waals surface area contributed by atoms with Crippen molar-refractivity contribution in [1.29, 1.82) is 0 Å². The van der Waals surface area contributed by atoms with Gasteiger partial charge in [0.25, 0.3) is 0 Å². The highest BCUT2D eigenvalue weighted by Crippen LogP contribution is 2.44. The van der Waals surface area contributed by atoms with E-state index in [1.807, 2.05) is 11.0 Å². The molecule has 1 amide bonds. The molecule has 0 aromatic carbocycles. The highest BCUT2D eigenvalue weighted by molar-refractivity contribution is 5.87. The maximum atomic E-state index is 12.4. The van der Waals surface area contributed by atoms with E-state index in [-0.39, 0.29) is 12.0 Å². The van der Waals surface area contributed by atoms with E-state index in [0.29, 0.717) is 5.92 Å². The maximum absolute atomic E-state index is 12.4. The molecule has 0 radical (unpaired) electrons. The molecule has 0 bridgehead atoms. The molecule has 2 saturated carbocycles. The molecule has 22 heavy (non-hydrogen) atoms. The molecule has 3 aliphatic rings. The Balaban J connectivity index is 1.48. The molecule has 1 heterocycles. The van der Waals surface area contributed by atoms with Gasteiger partial charge in [-0.25, -0.2) is 0 Å². The van der Waals surface area contributed by atoms with Crippen molar-refractivity contribution in [3.05, 3.63) is 12.2 Å². The van der Waals surface area contributed by atoms with Gasteiger partial charge in [-0.3, -0.25) is 4.79 Å². The van der Waals surface area contributed by atoms with Crippen LogP contribution in [0.2, 0.25) is 0 Å². The molecule has 1 aliphatic heterocycles. The van der Waals surface area contributed by atoms with Crippen molar-refractivity contribution >= 4 is 5.91 Å². The molecule has 3 heteroatoms. The third-order valence-corrected chi connectivity index (χ3v) is 5.98. The summed E-state index contributed by atoms with van der Waals surface area (Å²) < 4.78 is 5.66. The fraction of sp³-hybridized carbons (Fsp3) is 0.842. The molecule has 0 aromatic rings. The molecule has 0 spiro atoms. The molecular weight excluding hydrogens is 274 g/mol. The van der Waals surface area contributed by atoms with Crippen LogP contribution in [-0.2, 0) is 9.53 Å². The van der Waals surface area contributed by atoms with Crippen LogP contribution < -0.4 is 0 Å². The van der Waals surface area contributed by atoms with Crippen molar-refractivity contribution in [3.8, 4) is 0 Å². The summed E-state index contributed by atoms with van der Waals surface area (Å²) in [7, 11) is 0. The predicted octanol–water partition coefficient (Wildman–Crippen LogP) is 3.79. The second kappa shape index (κ2) is 7.63. The van der Waals surface area contributed by atoms with Gasteiger partial charge in [-0.1, -0.05) is 25.3 Å². The summed E-state index contributed by atoms with van der Waals surface area (Å²) in [6.45, 7) is 4.45. The molecule has 0 aromatic heterocycles. The quantitative estimate of drug-likeness (QED) is 0.723. The number of likely N-dealkylation sites (N-methyl/N-ethyl adjacent to an activating group) is 1. The summed E-state index contributed by atoms with van der Waals surface area (Å²) >= 11 is 0. The van der Waals surface area contributed by atoms with Crippen LogP contribution in [0.4, 0.5) is 0 Å². The van der Waals surface area contributed by atoms with E-state index >= 15 is 0 Å². The number of carbonyl (C=O) groups is 1. The second-order valence-electron chi connectivity index (χ2n) is 7.40. The van der Waals surface area contributed by atoms with Crippen LogP contribution >= 0.6 is 0 Å². The Labute approximate surface area is 135 Å². The second-order valence-corrected chi connectivity index (χ2v) is 7.40. The zero-order valence-corrected chi connectivity index (χ0v) is 14.0. The van der Waals surface area contributed by atoms with Crippen molar-refractivity contribution in [2.75, 3.05) is 19.7 Å². The molecule has 2 aliphatic carbocycles. The van der Waals surface area contributed by atoms with Crippen LogP contribution in [-0.4, -0.2) is 36.6 Å². The molecular formula is C19H31NO2. The lowest BCUT2D eigenvalue weighted by Crippen LogP contribution is -2.36. The van der Waals surface area contributed by atoms with Crippen molar-refractivity contribution in [1.82, 2.24) is 4.90 Å². The number of amides is 1. The fourth-order valence-corrected chi connectivity index (χ4v) is 4.65. The summed E-state index contributed by atoms with van der Waals surface area (Å²) in [4.78, 5) is 14.4. The molecule has 3 fully saturated rings. The molecule has 3 rings (SSSR count). The van der Waals surface area contributed by atoms with Crippen molar-refractivity contribution in [3.63, 3.8) is 0 Å². The van der Waals surface area contributed by atoms with Gasteiger partial charge in [0.15, 0.2) is 0 Å². The molecule has 4 unspecified atom stereocenters. The van der Waals surface area contributed by atoms with Crippen LogP contribution in [0.1, 0.15) is 58.3 Å². The van der Waals surface area contributed by atoms with Gasteiger partial charge in [0.1, 0.15) is 0 Å². The minimum absolute atomic E-state index is 0.173. The number of rotatable bonds is 5. The summed E-state index contributed by atoms with van der Waals surface area (Å²) in [5, 5.41) is 0. The zero-order chi connectivity index (χ0) is 15.4. The number of nitrogens with zero attached hydrogens (tertiary/aromatic N) is 1. The van der Waals surface area contributed by atoms with Crippen molar-refractivity contribution < 1.29 is 9.53 Å². The Morgan fingerprint density at radius 2 is 2.00 bits per heavy atom. The summed E-state index contributed by atoms with van der Waals surface area (Å²) in [5.41, 5.74) is 0. The third kappa shape index (κ3) is 3.92. The van der Waals surface area contributed by atoms with E-state index < -0.39 is 0 Å².